The van der Waals surface area contributed by atoms with Crippen LogP contribution in [0.25, 0.3) is 6.08 Å². The highest BCUT2D eigenvalue weighted by atomic mass is 19.1. The summed E-state index contributed by atoms with van der Waals surface area (Å²) in [4.78, 5) is 12.4. The van der Waals surface area contributed by atoms with Crippen LogP contribution in [0.5, 0.6) is 0 Å². The van der Waals surface area contributed by atoms with Crippen LogP contribution in [0, 0.1) is 19.7 Å². The zero-order valence-corrected chi connectivity index (χ0v) is 12.4. The number of hydrogen-bond donors (Lipinski definition) is 0. The summed E-state index contributed by atoms with van der Waals surface area (Å²) in [6.45, 7) is 6.74. The second-order valence-corrected chi connectivity index (χ2v) is 5.34. The van der Waals surface area contributed by atoms with E-state index < -0.39 is 0 Å². The third kappa shape index (κ3) is 2.11. The van der Waals surface area contributed by atoms with Crippen LogP contribution < -0.4 is 0 Å². The molecule has 0 saturated carbocycles. The Balaban J connectivity index is 2.06. The molecular formula is C17H17FN2O. The minimum Gasteiger partial charge on any atom is -0.289 e. The van der Waals surface area contributed by atoms with Gasteiger partial charge in [-0.25, -0.2) is 4.39 Å². The number of carbonyl (C=O) groups is 1. The average Bonchev–Trinajstić information content (AvgIpc) is 2.93. The van der Waals surface area contributed by atoms with Crippen molar-refractivity contribution in [3.8, 4) is 0 Å². The molecule has 2 aromatic rings. The SMILES string of the molecule is CCn1nc(C)c(C=C2Cc3c(F)cccc3C2=O)c1C. The standard InChI is InChI=1S/C17H17FN2O/c1-4-20-11(3)14(10(2)19-20)8-12-9-15-13(17(12)21)6-5-7-16(15)18/h5-8H,4,9H2,1-3H3. The minimum atomic E-state index is -0.304. The van der Waals surface area contributed by atoms with E-state index in [1.807, 2.05) is 31.5 Å². The molecule has 21 heavy (non-hydrogen) atoms. The van der Waals surface area contributed by atoms with E-state index in [0.29, 0.717) is 23.1 Å². The van der Waals surface area contributed by atoms with Crippen LogP contribution >= 0.6 is 0 Å². The average molecular weight is 284 g/mol. The van der Waals surface area contributed by atoms with Gasteiger partial charge in [-0.1, -0.05) is 12.1 Å². The lowest BCUT2D eigenvalue weighted by Crippen LogP contribution is -1.99. The molecule has 0 aliphatic heterocycles. The van der Waals surface area contributed by atoms with Gasteiger partial charge < -0.3 is 0 Å². The molecule has 3 nitrogen and oxygen atoms in total. The second kappa shape index (κ2) is 4.95. The molecule has 3 rings (SSSR count). The number of benzene rings is 1. The summed E-state index contributed by atoms with van der Waals surface area (Å²) < 4.78 is 15.7. The van der Waals surface area contributed by atoms with Crippen molar-refractivity contribution in [2.45, 2.75) is 33.7 Å². The molecule has 0 fully saturated rings. The number of fused-ring (bicyclic) bond motifs is 1. The van der Waals surface area contributed by atoms with Gasteiger partial charge in [-0.05, 0) is 32.9 Å². The monoisotopic (exact) mass is 284 g/mol. The lowest BCUT2D eigenvalue weighted by molar-refractivity contribution is 0.104. The van der Waals surface area contributed by atoms with E-state index in [-0.39, 0.29) is 11.6 Å². The molecular weight excluding hydrogens is 267 g/mol. The van der Waals surface area contributed by atoms with E-state index in [9.17, 15) is 9.18 Å². The van der Waals surface area contributed by atoms with Gasteiger partial charge in [-0.15, -0.1) is 0 Å². The fraction of sp³-hybridized carbons (Fsp3) is 0.294. The molecule has 1 aromatic heterocycles. The van der Waals surface area contributed by atoms with Crippen LogP contribution in [0.1, 0.15) is 39.8 Å². The van der Waals surface area contributed by atoms with Crippen molar-refractivity contribution in [1.29, 1.82) is 0 Å². The number of nitrogens with zero attached hydrogens (tertiary/aromatic N) is 2. The van der Waals surface area contributed by atoms with E-state index in [4.69, 9.17) is 0 Å². The van der Waals surface area contributed by atoms with E-state index >= 15 is 0 Å². The van der Waals surface area contributed by atoms with Crippen LogP contribution in [-0.2, 0) is 13.0 Å². The lowest BCUT2D eigenvalue weighted by atomic mass is 10.1. The molecule has 0 saturated heterocycles. The Morgan fingerprint density at radius 3 is 2.76 bits per heavy atom. The summed E-state index contributed by atoms with van der Waals surface area (Å²) in [6.07, 6.45) is 2.22. The number of carbonyl (C=O) groups excluding carboxylic acids is 1. The molecule has 0 amide bonds. The predicted molar refractivity (Wildman–Crippen MR) is 79.8 cm³/mol. The molecule has 108 valence electrons. The van der Waals surface area contributed by atoms with Crippen molar-refractivity contribution in [1.82, 2.24) is 9.78 Å². The number of Topliss-reactive ketones (excluding diaryl/α,β-unsaturated/α-hetero) is 1. The fourth-order valence-corrected chi connectivity index (χ4v) is 2.91. The molecule has 1 aliphatic rings. The van der Waals surface area contributed by atoms with Gasteiger partial charge in [-0.2, -0.15) is 5.10 Å². The lowest BCUT2D eigenvalue weighted by Gasteiger charge is -2.00. The Morgan fingerprint density at radius 1 is 1.38 bits per heavy atom. The van der Waals surface area contributed by atoms with Gasteiger partial charge in [0.2, 0.25) is 0 Å². The molecule has 1 aliphatic carbocycles. The van der Waals surface area contributed by atoms with Crippen LogP contribution in [0.2, 0.25) is 0 Å². The van der Waals surface area contributed by atoms with E-state index in [0.717, 1.165) is 23.5 Å². The largest absolute Gasteiger partial charge is 0.289 e. The Bertz CT molecular complexity index is 771. The number of halogens is 1. The van der Waals surface area contributed by atoms with Gasteiger partial charge in [-0.3, -0.25) is 9.48 Å². The minimum absolute atomic E-state index is 0.0763. The molecule has 0 atom stereocenters. The molecule has 0 N–H and O–H groups in total. The van der Waals surface area contributed by atoms with Gasteiger partial charge in [0.25, 0.3) is 0 Å². The summed E-state index contributed by atoms with van der Waals surface area (Å²) in [5.41, 5.74) is 4.52. The van der Waals surface area contributed by atoms with E-state index in [1.165, 1.54) is 6.07 Å². The first-order valence-electron chi connectivity index (χ1n) is 7.09. The summed E-state index contributed by atoms with van der Waals surface area (Å²) in [5.74, 6) is -0.380. The summed E-state index contributed by atoms with van der Waals surface area (Å²) >= 11 is 0. The van der Waals surface area contributed by atoms with Gasteiger partial charge in [0.05, 0.1) is 5.69 Å². The number of aromatic nitrogens is 2. The van der Waals surface area contributed by atoms with Gasteiger partial charge in [0.1, 0.15) is 5.82 Å². The first kappa shape index (κ1) is 13.7. The highest BCUT2D eigenvalue weighted by Crippen LogP contribution is 2.30. The van der Waals surface area contributed by atoms with Crippen molar-refractivity contribution < 1.29 is 9.18 Å². The first-order chi connectivity index (χ1) is 10.0. The van der Waals surface area contributed by atoms with Gasteiger partial charge in [0.15, 0.2) is 5.78 Å². The van der Waals surface area contributed by atoms with Crippen LogP contribution in [0.15, 0.2) is 23.8 Å². The van der Waals surface area contributed by atoms with Crippen molar-refractivity contribution in [3.05, 3.63) is 57.7 Å². The van der Waals surface area contributed by atoms with Crippen LogP contribution in [0.3, 0.4) is 0 Å². The van der Waals surface area contributed by atoms with Crippen LogP contribution in [0.4, 0.5) is 4.39 Å². The Labute approximate surface area is 123 Å². The zero-order chi connectivity index (χ0) is 15.1. The highest BCUT2D eigenvalue weighted by molar-refractivity contribution is 6.15. The number of allylic oxidation sites excluding steroid dienone is 1. The Hall–Kier alpha value is -2.23. The fourth-order valence-electron chi connectivity index (χ4n) is 2.91. The smallest absolute Gasteiger partial charge is 0.189 e. The third-order valence-corrected chi connectivity index (χ3v) is 4.08. The maximum Gasteiger partial charge on any atom is 0.189 e. The maximum atomic E-state index is 13.8. The second-order valence-electron chi connectivity index (χ2n) is 5.34. The number of aryl methyl sites for hydroxylation is 2. The number of rotatable bonds is 2. The van der Waals surface area contributed by atoms with Crippen molar-refractivity contribution in [3.63, 3.8) is 0 Å². The molecule has 0 radical (unpaired) electrons. The summed E-state index contributed by atoms with van der Waals surface area (Å²) in [5, 5.41) is 4.45. The van der Waals surface area contributed by atoms with Crippen LogP contribution in [-0.4, -0.2) is 15.6 Å². The Kier molecular flexibility index (Phi) is 3.24. The molecule has 4 heteroatoms. The van der Waals surface area contributed by atoms with Crippen molar-refractivity contribution in [2.24, 2.45) is 0 Å². The summed E-state index contributed by atoms with van der Waals surface area (Å²) in [6, 6.07) is 4.68. The molecule has 1 aromatic carbocycles. The quantitative estimate of drug-likeness (QED) is 0.791. The van der Waals surface area contributed by atoms with E-state index in [2.05, 4.69) is 5.10 Å². The highest BCUT2D eigenvalue weighted by Gasteiger charge is 2.27. The molecule has 0 spiro atoms. The number of hydrogen-bond acceptors (Lipinski definition) is 2. The molecule has 0 bridgehead atoms. The maximum absolute atomic E-state index is 13.8. The van der Waals surface area contributed by atoms with Gasteiger partial charge in [0, 0.05) is 40.9 Å². The summed E-state index contributed by atoms with van der Waals surface area (Å²) in [7, 11) is 0. The zero-order valence-electron chi connectivity index (χ0n) is 12.4. The first-order valence-corrected chi connectivity index (χ1v) is 7.09. The third-order valence-electron chi connectivity index (χ3n) is 4.08. The number of ketones is 1. The molecule has 0 unspecified atom stereocenters. The van der Waals surface area contributed by atoms with Crippen molar-refractivity contribution >= 4 is 11.9 Å². The molecule has 1 heterocycles. The normalized spacial score (nSPS) is 15.8. The van der Waals surface area contributed by atoms with Gasteiger partial charge >= 0.3 is 0 Å². The Morgan fingerprint density at radius 2 is 2.14 bits per heavy atom. The topological polar surface area (TPSA) is 34.9 Å². The predicted octanol–water partition coefficient (Wildman–Crippen LogP) is 3.48. The van der Waals surface area contributed by atoms with E-state index in [1.54, 1.807) is 12.1 Å². The van der Waals surface area contributed by atoms with Crippen molar-refractivity contribution in [2.75, 3.05) is 0 Å².